The van der Waals surface area contributed by atoms with Gasteiger partial charge in [-0.15, -0.1) is 0 Å². The largest absolute Gasteiger partial charge is 0.450 e. The normalized spacial score (nSPS) is 13.0. The molecule has 0 aromatic carbocycles. The van der Waals surface area contributed by atoms with Crippen LogP contribution in [0.1, 0.15) is 107 Å². The van der Waals surface area contributed by atoms with Gasteiger partial charge in [-0.2, -0.15) is 10.7 Å². The maximum absolute atomic E-state index is 7.46. The Morgan fingerprint density at radius 3 is 0.903 bits per heavy atom. The van der Waals surface area contributed by atoms with Gasteiger partial charge in [0.1, 0.15) is 0 Å². The lowest BCUT2D eigenvalue weighted by Crippen LogP contribution is -2.50. The van der Waals surface area contributed by atoms with E-state index in [1.165, 1.54) is 99.7 Å². The predicted molar refractivity (Wildman–Crippen MR) is 156 cm³/mol. The van der Waals surface area contributed by atoms with Crippen LogP contribution in [0.25, 0.3) is 0 Å². The summed E-state index contributed by atoms with van der Waals surface area (Å²) in [4.78, 5) is 0. The zero-order valence-corrected chi connectivity index (χ0v) is 27.8. The minimum absolute atomic E-state index is 1.09. The molecule has 0 radical (unpaired) electrons. The van der Waals surface area contributed by atoms with Gasteiger partial charge in [0.25, 0.3) is 0 Å². The Balaban J connectivity index is 6.05. The van der Waals surface area contributed by atoms with E-state index in [0.717, 1.165) is 0 Å². The Morgan fingerprint density at radius 2 is 0.710 bits per heavy atom. The molecule has 0 amide bonds. The molecule has 31 heavy (non-hydrogen) atoms. The second-order valence-corrected chi connectivity index (χ2v) is 29.0. The van der Waals surface area contributed by atoms with E-state index in [4.69, 9.17) is 8.23 Å². The summed E-state index contributed by atoms with van der Waals surface area (Å²) in [5.41, 5.74) is 0. The van der Waals surface area contributed by atoms with Crippen molar-refractivity contribution in [3.05, 3.63) is 0 Å². The maximum Gasteiger partial charge on any atom is 0.239 e. The fraction of sp³-hybridized carbons (Fsp3) is 1.00. The molecule has 0 aromatic heterocycles. The molecular formula is C24H58O2SSi4. The summed E-state index contributed by atoms with van der Waals surface area (Å²) in [5, 5.41) is 0. The van der Waals surface area contributed by atoms with Crippen molar-refractivity contribution in [2.24, 2.45) is 0 Å². The first-order valence-electron chi connectivity index (χ1n) is 14.0. The molecule has 0 aliphatic rings. The van der Waals surface area contributed by atoms with E-state index in [0.29, 0.717) is 0 Å². The van der Waals surface area contributed by atoms with Gasteiger partial charge in [-0.3, -0.25) is 0 Å². The molecule has 0 saturated heterocycles. The van der Waals surface area contributed by atoms with Crippen LogP contribution >= 0.6 is 10.7 Å². The van der Waals surface area contributed by atoms with Gasteiger partial charge in [0.05, 0.1) is 0 Å². The molecule has 2 nitrogen and oxygen atoms in total. The van der Waals surface area contributed by atoms with Crippen molar-refractivity contribution in [3.63, 3.8) is 0 Å². The van der Waals surface area contributed by atoms with E-state index in [2.05, 4.69) is 66.1 Å². The molecule has 0 aliphatic carbocycles. The minimum Gasteiger partial charge on any atom is -0.450 e. The van der Waals surface area contributed by atoms with Gasteiger partial charge in [-0.1, -0.05) is 107 Å². The van der Waals surface area contributed by atoms with Gasteiger partial charge in [0, 0.05) is 0 Å². The highest BCUT2D eigenvalue weighted by Gasteiger charge is 2.48. The first kappa shape index (κ1) is 32.1. The van der Waals surface area contributed by atoms with Crippen LogP contribution in [0, 0.1) is 0 Å². The van der Waals surface area contributed by atoms with Crippen LogP contribution in [0.5, 0.6) is 0 Å². The fourth-order valence-electron chi connectivity index (χ4n) is 5.02. The Kier molecular flexibility index (Phi) is 20.2. The van der Waals surface area contributed by atoms with E-state index in [1.807, 2.05) is 0 Å². The first-order valence-corrected chi connectivity index (χ1v) is 25.1. The van der Waals surface area contributed by atoms with Gasteiger partial charge in [0.2, 0.25) is 14.9 Å². The Bertz CT molecular complexity index is 355. The molecule has 7 heteroatoms. The number of hydrogen-bond acceptors (Lipinski definition) is 3. The molecule has 0 atom stereocenters. The maximum atomic E-state index is 7.46. The molecule has 0 N–H and O–H groups in total. The van der Waals surface area contributed by atoms with Gasteiger partial charge in [-0.05, 0) is 48.4 Å². The average molecular weight is 523 g/mol. The first-order chi connectivity index (χ1) is 14.9. The quantitative estimate of drug-likeness (QED) is 0.132. The van der Waals surface area contributed by atoms with Gasteiger partial charge in [-0.25, -0.2) is 0 Å². The third-order valence-electron chi connectivity index (χ3n) is 6.10. The lowest BCUT2D eigenvalue weighted by atomic mass is 10.6. The lowest BCUT2D eigenvalue weighted by molar-refractivity contribution is 0.545. The molecule has 0 unspecified atom stereocenters. The predicted octanol–water partition coefficient (Wildman–Crippen LogP) is 9.36. The van der Waals surface area contributed by atoms with Crippen LogP contribution in [0.15, 0.2) is 0 Å². The summed E-state index contributed by atoms with van der Waals surface area (Å²) in [6.07, 6.45) is 10.3. The summed E-state index contributed by atoms with van der Waals surface area (Å²) in [6.45, 7) is 19.0. The number of hydrogen-bond donors (Lipinski definition) is 0. The van der Waals surface area contributed by atoms with Crippen LogP contribution in [0.3, 0.4) is 0 Å². The second kappa shape index (κ2) is 19.4. The summed E-state index contributed by atoms with van der Waals surface area (Å²) in [6, 6.07) is 10.9. The van der Waals surface area contributed by atoms with Gasteiger partial charge >= 0.3 is 0 Å². The van der Waals surface area contributed by atoms with Crippen LogP contribution in [-0.2, 0) is 8.23 Å². The van der Waals surface area contributed by atoms with Gasteiger partial charge in [0.15, 0.2) is 18.1 Å². The average Bonchev–Trinajstić information content (AvgIpc) is 2.69. The summed E-state index contributed by atoms with van der Waals surface area (Å²) < 4.78 is 14.9. The smallest absolute Gasteiger partial charge is 0.239 e. The SMILES string of the molecule is CCC[SiH](CCC)O[Si](CCC)(CCC)S[Si](CCC)(CCC)O[SiH](CCC)CCC. The molecule has 188 valence electrons. The zero-order valence-electron chi connectivity index (χ0n) is 22.7. The van der Waals surface area contributed by atoms with Crippen molar-refractivity contribution >= 4 is 43.7 Å². The highest BCUT2D eigenvalue weighted by Crippen LogP contribution is 2.46. The van der Waals surface area contributed by atoms with Crippen LogP contribution in [-0.4, -0.2) is 33.0 Å². The molecule has 0 saturated carbocycles. The Morgan fingerprint density at radius 1 is 0.452 bits per heavy atom. The molecule has 0 spiro atoms. The summed E-state index contributed by atoms with van der Waals surface area (Å²) in [5.74, 6) is 0. The zero-order chi connectivity index (χ0) is 23.6. The standard InChI is InChI=1S/C24H58O2SSi4/c1-9-17-28(18-10-2)25-30(21-13-5,22-14-6)27-31(23-15-7,24-16-8)26-29(19-11-3)20-12-4/h28-29H,9-24H2,1-8H3. The number of rotatable bonds is 22. The molecule has 0 aliphatic heterocycles. The van der Waals surface area contributed by atoms with Crippen molar-refractivity contribution in [2.75, 3.05) is 0 Å². The van der Waals surface area contributed by atoms with E-state index in [1.54, 1.807) is 0 Å². The lowest BCUT2D eigenvalue weighted by Gasteiger charge is -2.43. The Hall–Kier alpha value is 1.14. The van der Waals surface area contributed by atoms with Crippen LogP contribution in [0.2, 0.25) is 48.4 Å². The summed E-state index contributed by atoms with van der Waals surface area (Å²) >= 11 is 0. The topological polar surface area (TPSA) is 18.5 Å². The summed E-state index contributed by atoms with van der Waals surface area (Å²) in [7, 11) is -3.38. The third kappa shape index (κ3) is 13.0. The van der Waals surface area contributed by atoms with Crippen molar-refractivity contribution in [3.8, 4) is 0 Å². The third-order valence-corrected chi connectivity index (χ3v) is 36.0. The van der Waals surface area contributed by atoms with Crippen LogP contribution in [0.4, 0.5) is 0 Å². The monoisotopic (exact) mass is 522 g/mol. The van der Waals surface area contributed by atoms with Crippen LogP contribution < -0.4 is 0 Å². The van der Waals surface area contributed by atoms with E-state index >= 15 is 0 Å². The second-order valence-electron chi connectivity index (χ2n) is 9.56. The van der Waals surface area contributed by atoms with E-state index < -0.39 is 33.0 Å². The van der Waals surface area contributed by atoms with Crippen molar-refractivity contribution in [1.29, 1.82) is 0 Å². The highest BCUT2D eigenvalue weighted by atomic mass is 32.5. The minimum atomic E-state index is -1.82. The van der Waals surface area contributed by atoms with Crippen molar-refractivity contribution in [2.45, 2.75) is 155 Å². The Labute approximate surface area is 206 Å². The molecule has 0 rings (SSSR count). The van der Waals surface area contributed by atoms with E-state index in [-0.39, 0.29) is 0 Å². The van der Waals surface area contributed by atoms with Gasteiger partial charge < -0.3 is 8.23 Å². The molecule has 0 heterocycles. The van der Waals surface area contributed by atoms with E-state index in [9.17, 15) is 0 Å². The molecule has 0 aromatic rings. The van der Waals surface area contributed by atoms with Crippen molar-refractivity contribution in [1.82, 2.24) is 0 Å². The molecule has 0 fully saturated rings. The highest BCUT2D eigenvalue weighted by molar-refractivity contribution is 8.49. The van der Waals surface area contributed by atoms with Crippen molar-refractivity contribution < 1.29 is 8.23 Å². The fourth-order valence-corrected chi connectivity index (χ4v) is 43.2. The molecular weight excluding hydrogens is 465 g/mol. The molecule has 0 bridgehead atoms.